The van der Waals surface area contributed by atoms with Crippen molar-refractivity contribution in [3.63, 3.8) is 0 Å². The van der Waals surface area contributed by atoms with Crippen LogP contribution in [0.25, 0.3) is 0 Å². The second-order valence-electron chi connectivity index (χ2n) is 3.14. The van der Waals surface area contributed by atoms with Crippen LogP contribution in [-0.4, -0.2) is 42.4 Å². The number of hydrogen-bond donors (Lipinski definition) is 3. The molecule has 0 atom stereocenters. The number of rotatable bonds is 4. The Morgan fingerprint density at radius 2 is 1.84 bits per heavy atom. The minimum Gasteiger partial charge on any atom is -0.491 e. The summed E-state index contributed by atoms with van der Waals surface area (Å²) in [4.78, 5) is 18.2. The summed E-state index contributed by atoms with van der Waals surface area (Å²) >= 11 is 11.6. The molecule has 1 rings (SSSR count). The molecule has 0 amide bonds. The van der Waals surface area contributed by atoms with Gasteiger partial charge in [-0.05, 0) is 19.2 Å². The van der Waals surface area contributed by atoms with Crippen molar-refractivity contribution in [2.75, 3.05) is 20.2 Å². The maximum atomic E-state index is 9.10. The maximum Gasteiger partial charge on any atom is 0.414 e. The first-order valence-electron chi connectivity index (χ1n) is 5.07. The number of carboxylic acids is 2. The van der Waals surface area contributed by atoms with E-state index in [0.717, 1.165) is 6.54 Å². The SMILES string of the molecule is CNCCOc1cc(Cl)ccc1Cl.O=C(O)C(=O)O. The standard InChI is InChI=1S/C9H11Cl2NO.C2H2O4/c1-12-4-5-13-9-6-7(10)2-3-8(9)11;3-1(4)2(5)6/h2-3,6,12H,4-5H2,1H3;(H,3,4)(H,5,6). The highest BCUT2D eigenvalue weighted by atomic mass is 35.5. The van der Waals surface area contributed by atoms with Crippen LogP contribution in [0.3, 0.4) is 0 Å². The third-order valence-corrected chi connectivity index (χ3v) is 2.23. The molecule has 106 valence electrons. The van der Waals surface area contributed by atoms with Crippen molar-refractivity contribution in [3.05, 3.63) is 28.2 Å². The van der Waals surface area contributed by atoms with E-state index in [9.17, 15) is 0 Å². The first-order valence-corrected chi connectivity index (χ1v) is 5.82. The largest absolute Gasteiger partial charge is 0.491 e. The van der Waals surface area contributed by atoms with Crippen LogP contribution in [0.15, 0.2) is 18.2 Å². The maximum absolute atomic E-state index is 9.10. The topological polar surface area (TPSA) is 95.9 Å². The zero-order valence-corrected chi connectivity index (χ0v) is 11.5. The molecule has 0 saturated heterocycles. The molecule has 1 aromatic carbocycles. The van der Waals surface area contributed by atoms with E-state index in [1.54, 1.807) is 18.2 Å². The van der Waals surface area contributed by atoms with Gasteiger partial charge in [0.25, 0.3) is 0 Å². The Balaban J connectivity index is 0.000000459. The van der Waals surface area contributed by atoms with Gasteiger partial charge in [0.05, 0.1) is 5.02 Å². The second-order valence-corrected chi connectivity index (χ2v) is 3.98. The number of carbonyl (C=O) groups is 2. The normalized spacial score (nSPS) is 9.21. The Labute approximate surface area is 119 Å². The van der Waals surface area contributed by atoms with E-state index in [4.69, 9.17) is 47.7 Å². The highest BCUT2D eigenvalue weighted by Crippen LogP contribution is 2.27. The number of nitrogens with one attached hydrogen (secondary N) is 1. The molecule has 3 N–H and O–H groups in total. The zero-order valence-electron chi connectivity index (χ0n) is 10.0. The van der Waals surface area contributed by atoms with Gasteiger partial charge in [-0.1, -0.05) is 23.2 Å². The van der Waals surface area contributed by atoms with E-state index >= 15 is 0 Å². The van der Waals surface area contributed by atoms with Gasteiger partial charge in [-0.2, -0.15) is 0 Å². The fourth-order valence-electron chi connectivity index (χ4n) is 0.851. The Kier molecular flexibility index (Phi) is 8.69. The lowest BCUT2D eigenvalue weighted by atomic mass is 10.3. The number of likely N-dealkylation sites (N-methyl/N-ethyl adjacent to an activating group) is 1. The summed E-state index contributed by atoms with van der Waals surface area (Å²) in [6.07, 6.45) is 0. The van der Waals surface area contributed by atoms with E-state index in [1.807, 2.05) is 7.05 Å². The Hall–Kier alpha value is -1.50. The van der Waals surface area contributed by atoms with E-state index in [0.29, 0.717) is 22.4 Å². The lowest BCUT2D eigenvalue weighted by Gasteiger charge is -2.07. The predicted molar refractivity (Wildman–Crippen MR) is 71.2 cm³/mol. The minimum atomic E-state index is -1.82. The molecule has 1 aromatic rings. The van der Waals surface area contributed by atoms with Crippen LogP contribution in [-0.2, 0) is 9.59 Å². The Morgan fingerprint density at radius 1 is 1.26 bits per heavy atom. The average Bonchev–Trinajstić information content (AvgIpc) is 2.34. The predicted octanol–water partition coefficient (Wildman–Crippen LogP) is 1.75. The van der Waals surface area contributed by atoms with Gasteiger partial charge in [0.1, 0.15) is 12.4 Å². The summed E-state index contributed by atoms with van der Waals surface area (Å²) in [5.74, 6) is -3.02. The third-order valence-electron chi connectivity index (χ3n) is 1.69. The molecule has 0 unspecified atom stereocenters. The van der Waals surface area contributed by atoms with Crippen molar-refractivity contribution in [1.29, 1.82) is 0 Å². The summed E-state index contributed by atoms with van der Waals surface area (Å²) in [5.41, 5.74) is 0. The molecule has 0 aliphatic carbocycles. The van der Waals surface area contributed by atoms with E-state index in [2.05, 4.69) is 5.32 Å². The van der Waals surface area contributed by atoms with Gasteiger partial charge in [-0.25, -0.2) is 9.59 Å². The van der Waals surface area contributed by atoms with Gasteiger partial charge < -0.3 is 20.3 Å². The summed E-state index contributed by atoms with van der Waals surface area (Å²) in [5, 5.41) is 19.0. The summed E-state index contributed by atoms with van der Waals surface area (Å²) in [6.45, 7) is 1.36. The summed E-state index contributed by atoms with van der Waals surface area (Å²) in [7, 11) is 1.86. The molecule has 0 saturated carbocycles. The third kappa shape index (κ3) is 8.25. The smallest absolute Gasteiger partial charge is 0.414 e. The molecule has 0 fully saturated rings. The molecule has 19 heavy (non-hydrogen) atoms. The number of halogens is 2. The average molecular weight is 310 g/mol. The van der Waals surface area contributed by atoms with Gasteiger partial charge in [-0.3, -0.25) is 0 Å². The molecule has 0 aliphatic heterocycles. The summed E-state index contributed by atoms with van der Waals surface area (Å²) < 4.78 is 5.38. The van der Waals surface area contributed by atoms with Crippen molar-refractivity contribution >= 4 is 35.1 Å². The van der Waals surface area contributed by atoms with Crippen LogP contribution < -0.4 is 10.1 Å². The van der Waals surface area contributed by atoms with E-state index < -0.39 is 11.9 Å². The molecule has 0 radical (unpaired) electrons. The molecule has 8 heteroatoms. The highest BCUT2D eigenvalue weighted by Gasteiger charge is 2.04. The van der Waals surface area contributed by atoms with Gasteiger partial charge >= 0.3 is 11.9 Å². The first kappa shape index (κ1) is 17.5. The second kappa shape index (κ2) is 9.43. The van der Waals surface area contributed by atoms with Crippen molar-refractivity contribution in [2.45, 2.75) is 0 Å². The number of ether oxygens (including phenoxy) is 1. The number of aliphatic carboxylic acids is 2. The molecule has 0 spiro atoms. The Bertz CT molecular complexity index is 427. The van der Waals surface area contributed by atoms with Gasteiger partial charge in [0.15, 0.2) is 0 Å². The lowest BCUT2D eigenvalue weighted by Crippen LogP contribution is -2.16. The van der Waals surface area contributed by atoms with Crippen molar-refractivity contribution in [1.82, 2.24) is 5.32 Å². The van der Waals surface area contributed by atoms with Gasteiger partial charge in [0.2, 0.25) is 0 Å². The van der Waals surface area contributed by atoms with Gasteiger partial charge in [-0.15, -0.1) is 0 Å². The van der Waals surface area contributed by atoms with E-state index in [-0.39, 0.29) is 0 Å². The molecule has 0 bridgehead atoms. The molecule has 0 heterocycles. The fraction of sp³-hybridized carbons (Fsp3) is 0.273. The fourth-order valence-corrected chi connectivity index (χ4v) is 1.19. The molecule has 6 nitrogen and oxygen atoms in total. The van der Waals surface area contributed by atoms with Crippen LogP contribution in [0.1, 0.15) is 0 Å². The van der Waals surface area contributed by atoms with E-state index in [1.165, 1.54) is 0 Å². The van der Waals surface area contributed by atoms with Crippen molar-refractivity contribution in [3.8, 4) is 5.75 Å². The minimum absolute atomic E-state index is 0.580. The van der Waals surface area contributed by atoms with Crippen LogP contribution in [0.2, 0.25) is 10.0 Å². The first-order chi connectivity index (χ1) is 8.88. The summed E-state index contributed by atoms with van der Waals surface area (Å²) in [6, 6.07) is 5.16. The van der Waals surface area contributed by atoms with Gasteiger partial charge in [0, 0.05) is 17.6 Å². The molecular formula is C11H13Cl2NO5. The molecule has 0 aliphatic rings. The van der Waals surface area contributed by atoms with Crippen LogP contribution in [0.5, 0.6) is 5.75 Å². The van der Waals surface area contributed by atoms with Crippen LogP contribution >= 0.6 is 23.2 Å². The zero-order chi connectivity index (χ0) is 14.8. The quantitative estimate of drug-likeness (QED) is 0.579. The van der Waals surface area contributed by atoms with Crippen molar-refractivity contribution in [2.24, 2.45) is 0 Å². The van der Waals surface area contributed by atoms with Crippen LogP contribution in [0, 0.1) is 0 Å². The number of carboxylic acid groups (broad SMARTS) is 2. The lowest BCUT2D eigenvalue weighted by molar-refractivity contribution is -0.159. The molecule has 0 aromatic heterocycles. The number of hydrogen-bond acceptors (Lipinski definition) is 4. The van der Waals surface area contributed by atoms with Crippen LogP contribution in [0.4, 0.5) is 0 Å². The number of benzene rings is 1. The molecular weight excluding hydrogens is 297 g/mol. The highest BCUT2D eigenvalue weighted by molar-refractivity contribution is 6.34. The van der Waals surface area contributed by atoms with Crippen molar-refractivity contribution < 1.29 is 24.5 Å². The Morgan fingerprint density at radius 3 is 2.32 bits per heavy atom. The monoisotopic (exact) mass is 309 g/mol.